The number of nitrogens with zero attached hydrogens (tertiary/aromatic N) is 1. The Morgan fingerprint density at radius 2 is 1.88 bits per heavy atom. The molecule has 0 unspecified atom stereocenters. The molecule has 0 aliphatic heterocycles. The first-order chi connectivity index (χ1) is 12.0. The van der Waals surface area contributed by atoms with Crippen LogP contribution in [0.3, 0.4) is 0 Å². The van der Waals surface area contributed by atoms with Crippen LogP contribution in [-0.4, -0.2) is 36.6 Å². The molecule has 25 heavy (non-hydrogen) atoms. The maximum Gasteiger partial charge on any atom is 0.248 e. The summed E-state index contributed by atoms with van der Waals surface area (Å²) in [4.78, 5) is 26.2. The maximum atomic E-state index is 12.3. The van der Waals surface area contributed by atoms with Gasteiger partial charge in [-0.2, -0.15) is 0 Å². The SMILES string of the molecule is COc1ccc(SCCC(=O)N(C)Cc2cccc(C(N)=O)c2)cc1. The molecule has 2 N–H and O–H groups in total. The van der Waals surface area contributed by atoms with Gasteiger partial charge in [0.25, 0.3) is 0 Å². The van der Waals surface area contributed by atoms with E-state index in [-0.39, 0.29) is 5.91 Å². The Hall–Kier alpha value is -2.47. The van der Waals surface area contributed by atoms with Gasteiger partial charge in [-0.3, -0.25) is 9.59 Å². The number of benzene rings is 2. The Bertz CT molecular complexity index is 732. The molecule has 0 aliphatic rings. The average Bonchev–Trinajstić information content (AvgIpc) is 2.62. The summed E-state index contributed by atoms with van der Waals surface area (Å²) in [7, 11) is 3.40. The highest BCUT2D eigenvalue weighted by Crippen LogP contribution is 2.22. The van der Waals surface area contributed by atoms with Gasteiger partial charge in [-0.15, -0.1) is 11.8 Å². The number of carbonyl (C=O) groups excluding carboxylic acids is 2. The van der Waals surface area contributed by atoms with Gasteiger partial charge in [-0.05, 0) is 42.0 Å². The van der Waals surface area contributed by atoms with Crippen LogP contribution < -0.4 is 10.5 Å². The summed E-state index contributed by atoms with van der Waals surface area (Å²) in [5.41, 5.74) is 6.62. The number of rotatable bonds is 8. The van der Waals surface area contributed by atoms with Crippen molar-refractivity contribution in [3.8, 4) is 5.75 Å². The highest BCUT2D eigenvalue weighted by Gasteiger charge is 2.10. The second-order valence-corrected chi connectivity index (χ2v) is 6.76. The predicted molar refractivity (Wildman–Crippen MR) is 99.8 cm³/mol. The molecule has 2 aromatic rings. The first-order valence-electron chi connectivity index (χ1n) is 7.89. The Kier molecular flexibility index (Phi) is 6.89. The van der Waals surface area contributed by atoms with Gasteiger partial charge in [0, 0.05) is 36.2 Å². The maximum absolute atomic E-state index is 12.3. The summed E-state index contributed by atoms with van der Waals surface area (Å²) in [5.74, 6) is 1.12. The van der Waals surface area contributed by atoms with E-state index in [4.69, 9.17) is 10.5 Å². The third kappa shape index (κ3) is 5.83. The smallest absolute Gasteiger partial charge is 0.248 e. The van der Waals surface area contributed by atoms with Crippen LogP contribution in [0.15, 0.2) is 53.4 Å². The van der Waals surface area contributed by atoms with Gasteiger partial charge in [-0.25, -0.2) is 0 Å². The zero-order chi connectivity index (χ0) is 18.2. The van der Waals surface area contributed by atoms with Gasteiger partial charge in [0.15, 0.2) is 0 Å². The summed E-state index contributed by atoms with van der Waals surface area (Å²) < 4.78 is 5.12. The molecule has 0 saturated carbocycles. The Balaban J connectivity index is 1.81. The fourth-order valence-corrected chi connectivity index (χ4v) is 3.14. The molecule has 2 aromatic carbocycles. The molecule has 2 rings (SSSR count). The van der Waals surface area contributed by atoms with E-state index >= 15 is 0 Å². The average molecular weight is 358 g/mol. The summed E-state index contributed by atoms with van der Waals surface area (Å²) in [6, 6.07) is 14.8. The van der Waals surface area contributed by atoms with Crippen LogP contribution in [0.2, 0.25) is 0 Å². The first-order valence-corrected chi connectivity index (χ1v) is 8.87. The van der Waals surface area contributed by atoms with Crippen LogP contribution in [-0.2, 0) is 11.3 Å². The van der Waals surface area contributed by atoms with E-state index < -0.39 is 5.91 Å². The molecule has 0 atom stereocenters. The van der Waals surface area contributed by atoms with Crippen molar-refractivity contribution in [2.24, 2.45) is 5.73 Å². The van der Waals surface area contributed by atoms with E-state index in [0.717, 1.165) is 16.2 Å². The third-order valence-corrected chi connectivity index (χ3v) is 4.71. The number of methoxy groups -OCH3 is 1. The molecular weight excluding hydrogens is 336 g/mol. The topological polar surface area (TPSA) is 72.6 Å². The van der Waals surface area contributed by atoms with Crippen LogP contribution in [0.25, 0.3) is 0 Å². The molecule has 6 heteroatoms. The lowest BCUT2D eigenvalue weighted by Gasteiger charge is -2.17. The minimum atomic E-state index is -0.466. The molecule has 0 aliphatic carbocycles. The molecule has 0 saturated heterocycles. The van der Waals surface area contributed by atoms with Gasteiger partial charge in [0.2, 0.25) is 11.8 Å². The molecule has 0 spiro atoms. The zero-order valence-electron chi connectivity index (χ0n) is 14.4. The van der Waals surface area contributed by atoms with Gasteiger partial charge in [0.1, 0.15) is 5.75 Å². The number of primary amides is 1. The van der Waals surface area contributed by atoms with E-state index in [9.17, 15) is 9.59 Å². The van der Waals surface area contributed by atoms with Crippen LogP contribution in [0.5, 0.6) is 5.75 Å². The first kappa shape index (κ1) is 18.9. The van der Waals surface area contributed by atoms with E-state index in [1.807, 2.05) is 30.3 Å². The molecule has 0 heterocycles. The molecule has 5 nitrogen and oxygen atoms in total. The van der Waals surface area contributed by atoms with E-state index in [1.165, 1.54) is 0 Å². The predicted octanol–water partition coefficient (Wildman–Crippen LogP) is 2.93. The van der Waals surface area contributed by atoms with E-state index in [2.05, 4.69) is 0 Å². The Labute approximate surface area is 152 Å². The third-order valence-electron chi connectivity index (χ3n) is 3.70. The fourth-order valence-electron chi connectivity index (χ4n) is 2.30. The minimum absolute atomic E-state index is 0.0606. The van der Waals surface area contributed by atoms with Crippen molar-refractivity contribution in [3.05, 3.63) is 59.7 Å². The van der Waals surface area contributed by atoms with E-state index in [0.29, 0.717) is 24.3 Å². The van der Waals surface area contributed by atoms with Crippen molar-refractivity contribution in [2.75, 3.05) is 19.9 Å². The van der Waals surface area contributed by atoms with Crippen LogP contribution >= 0.6 is 11.8 Å². The Morgan fingerprint density at radius 1 is 1.16 bits per heavy atom. The van der Waals surface area contributed by atoms with Crippen molar-refractivity contribution in [3.63, 3.8) is 0 Å². The zero-order valence-corrected chi connectivity index (χ0v) is 15.2. The number of carbonyl (C=O) groups is 2. The second-order valence-electron chi connectivity index (χ2n) is 5.59. The molecule has 0 radical (unpaired) electrons. The van der Waals surface area contributed by atoms with Crippen molar-refractivity contribution in [1.29, 1.82) is 0 Å². The van der Waals surface area contributed by atoms with Gasteiger partial charge in [-0.1, -0.05) is 12.1 Å². The van der Waals surface area contributed by atoms with Crippen LogP contribution in [0, 0.1) is 0 Å². The number of hydrogen-bond donors (Lipinski definition) is 1. The summed E-state index contributed by atoms with van der Waals surface area (Å²) in [6.07, 6.45) is 0.447. The van der Waals surface area contributed by atoms with Crippen molar-refractivity contribution < 1.29 is 14.3 Å². The van der Waals surface area contributed by atoms with Crippen molar-refractivity contribution in [2.45, 2.75) is 17.9 Å². The number of thioether (sulfide) groups is 1. The molecule has 0 bridgehead atoms. The normalized spacial score (nSPS) is 10.3. The summed E-state index contributed by atoms with van der Waals surface area (Å²) in [6.45, 7) is 0.452. The number of amides is 2. The molecule has 0 fully saturated rings. The minimum Gasteiger partial charge on any atom is -0.497 e. The number of ether oxygens (including phenoxy) is 1. The standard InChI is InChI=1S/C19H22N2O3S/c1-21(13-14-4-3-5-15(12-14)19(20)23)18(22)10-11-25-17-8-6-16(24-2)7-9-17/h3-9,12H,10-11,13H2,1-2H3,(H2,20,23). The monoisotopic (exact) mass is 358 g/mol. The van der Waals surface area contributed by atoms with E-state index in [1.54, 1.807) is 49.0 Å². The highest BCUT2D eigenvalue weighted by atomic mass is 32.2. The second kappa shape index (κ2) is 9.13. The van der Waals surface area contributed by atoms with Gasteiger partial charge >= 0.3 is 0 Å². The molecule has 0 aromatic heterocycles. The molecular formula is C19H22N2O3S. The van der Waals surface area contributed by atoms with Crippen LogP contribution in [0.4, 0.5) is 0 Å². The van der Waals surface area contributed by atoms with Gasteiger partial charge < -0.3 is 15.4 Å². The lowest BCUT2D eigenvalue weighted by Crippen LogP contribution is -2.26. The summed E-state index contributed by atoms with van der Waals surface area (Å²) >= 11 is 1.63. The molecule has 132 valence electrons. The molecule has 2 amide bonds. The largest absolute Gasteiger partial charge is 0.497 e. The highest BCUT2D eigenvalue weighted by molar-refractivity contribution is 7.99. The lowest BCUT2D eigenvalue weighted by molar-refractivity contribution is -0.129. The number of nitrogens with two attached hydrogens (primary N) is 1. The summed E-state index contributed by atoms with van der Waals surface area (Å²) in [5, 5.41) is 0. The van der Waals surface area contributed by atoms with Gasteiger partial charge in [0.05, 0.1) is 7.11 Å². The van der Waals surface area contributed by atoms with Crippen LogP contribution in [0.1, 0.15) is 22.3 Å². The fraction of sp³-hybridized carbons (Fsp3) is 0.263. The quantitative estimate of drug-likeness (QED) is 0.737. The Morgan fingerprint density at radius 3 is 2.52 bits per heavy atom. The number of hydrogen-bond acceptors (Lipinski definition) is 4. The van der Waals surface area contributed by atoms with Crippen molar-refractivity contribution >= 4 is 23.6 Å². The van der Waals surface area contributed by atoms with Crippen molar-refractivity contribution in [1.82, 2.24) is 4.90 Å². The lowest BCUT2D eigenvalue weighted by atomic mass is 10.1.